The molecule has 1 amide bonds. The maximum absolute atomic E-state index is 12.6. The van der Waals surface area contributed by atoms with Crippen LogP contribution in [0.25, 0.3) is 21.6 Å². The third kappa shape index (κ3) is 4.88. The smallest absolute Gasteiger partial charge is 0.412 e. The van der Waals surface area contributed by atoms with Gasteiger partial charge in [-0.1, -0.05) is 78.9 Å². The Morgan fingerprint density at radius 2 is 1.58 bits per heavy atom. The van der Waals surface area contributed by atoms with Crippen molar-refractivity contribution >= 4 is 29.8 Å². The molecule has 6 nitrogen and oxygen atoms in total. The van der Waals surface area contributed by atoms with E-state index in [9.17, 15) is 9.59 Å². The average Bonchev–Trinajstić information content (AvgIpc) is 3.61. The van der Waals surface area contributed by atoms with Crippen LogP contribution in [0.2, 0.25) is 0 Å². The predicted molar refractivity (Wildman–Crippen MR) is 141 cm³/mol. The van der Waals surface area contributed by atoms with Gasteiger partial charge in [-0.2, -0.15) is 4.37 Å². The first-order valence-corrected chi connectivity index (χ1v) is 12.6. The molecular formula is C29H26N2O4S. The number of rotatable bonds is 8. The third-order valence-electron chi connectivity index (χ3n) is 6.51. The second kappa shape index (κ2) is 9.95. The Bertz CT molecular complexity index is 1360. The SMILES string of the molecule is Cc1nsc(-c2ccc(-c3ccc(C4(OC=O)CC4)cc3)cc2)c1NC(=O)O[C@@H](C)c1ccccc1. The number of aromatic nitrogens is 1. The molecule has 36 heavy (non-hydrogen) atoms. The fourth-order valence-electron chi connectivity index (χ4n) is 4.26. The van der Waals surface area contributed by atoms with Gasteiger partial charge >= 0.3 is 6.09 Å². The molecule has 1 aliphatic carbocycles. The Balaban J connectivity index is 1.29. The summed E-state index contributed by atoms with van der Waals surface area (Å²) in [4.78, 5) is 24.3. The van der Waals surface area contributed by atoms with Crippen molar-refractivity contribution in [2.45, 2.75) is 38.4 Å². The molecule has 7 heteroatoms. The van der Waals surface area contributed by atoms with Crippen molar-refractivity contribution in [3.05, 3.63) is 95.7 Å². The largest absolute Gasteiger partial charge is 0.456 e. The number of carbonyl (C=O) groups is 2. The molecule has 0 aliphatic heterocycles. The lowest BCUT2D eigenvalue weighted by atomic mass is 9.99. The maximum Gasteiger partial charge on any atom is 0.412 e. The van der Waals surface area contributed by atoms with Gasteiger partial charge in [-0.25, -0.2) is 4.79 Å². The van der Waals surface area contributed by atoms with E-state index in [0.29, 0.717) is 12.2 Å². The Kier molecular flexibility index (Phi) is 6.57. The average molecular weight is 499 g/mol. The van der Waals surface area contributed by atoms with E-state index in [1.165, 1.54) is 11.5 Å². The van der Waals surface area contributed by atoms with Crippen LogP contribution in [0.15, 0.2) is 78.9 Å². The molecule has 0 bridgehead atoms. The number of nitrogens with one attached hydrogen (secondary N) is 1. The molecule has 0 unspecified atom stereocenters. The quantitative estimate of drug-likeness (QED) is 0.259. The molecule has 1 heterocycles. The van der Waals surface area contributed by atoms with Crippen LogP contribution >= 0.6 is 11.5 Å². The summed E-state index contributed by atoms with van der Waals surface area (Å²) < 4.78 is 15.3. The lowest BCUT2D eigenvalue weighted by Crippen LogP contribution is -2.16. The molecule has 0 saturated heterocycles. The molecule has 1 saturated carbocycles. The highest BCUT2D eigenvalue weighted by atomic mass is 32.1. The number of hydrogen-bond donors (Lipinski definition) is 1. The van der Waals surface area contributed by atoms with Crippen LogP contribution in [0.1, 0.15) is 42.7 Å². The number of aryl methyl sites for hydroxylation is 1. The van der Waals surface area contributed by atoms with Crippen molar-refractivity contribution in [1.29, 1.82) is 0 Å². The first-order chi connectivity index (χ1) is 17.5. The van der Waals surface area contributed by atoms with Gasteiger partial charge in [0.2, 0.25) is 0 Å². The minimum atomic E-state index is -0.514. The Hall–Kier alpha value is -3.97. The zero-order valence-corrected chi connectivity index (χ0v) is 20.9. The van der Waals surface area contributed by atoms with Crippen molar-refractivity contribution < 1.29 is 19.1 Å². The summed E-state index contributed by atoms with van der Waals surface area (Å²) >= 11 is 1.34. The Morgan fingerprint density at radius 1 is 0.972 bits per heavy atom. The monoisotopic (exact) mass is 498 g/mol. The zero-order chi connectivity index (χ0) is 25.1. The van der Waals surface area contributed by atoms with Gasteiger partial charge < -0.3 is 9.47 Å². The molecule has 4 aromatic rings. The highest BCUT2D eigenvalue weighted by Crippen LogP contribution is 2.49. The number of anilines is 1. The number of ether oxygens (including phenoxy) is 2. The second-order valence-electron chi connectivity index (χ2n) is 8.92. The number of benzene rings is 3. The van der Waals surface area contributed by atoms with E-state index >= 15 is 0 Å². The second-order valence-corrected chi connectivity index (χ2v) is 9.69. The van der Waals surface area contributed by atoms with Crippen LogP contribution in [-0.2, 0) is 19.9 Å². The summed E-state index contributed by atoms with van der Waals surface area (Å²) in [5.74, 6) is 0. The first-order valence-electron chi connectivity index (χ1n) is 11.8. The zero-order valence-electron chi connectivity index (χ0n) is 20.1. The van der Waals surface area contributed by atoms with Gasteiger partial charge in [0.1, 0.15) is 11.7 Å². The highest BCUT2D eigenvalue weighted by molar-refractivity contribution is 7.10. The first kappa shape index (κ1) is 23.8. The summed E-state index contributed by atoms with van der Waals surface area (Å²) in [6.45, 7) is 4.25. The van der Waals surface area contributed by atoms with Gasteiger partial charge in [-0.05, 0) is 66.0 Å². The van der Waals surface area contributed by atoms with Gasteiger partial charge in [0.15, 0.2) is 0 Å². The predicted octanol–water partition coefficient (Wildman–Crippen LogP) is 7.26. The van der Waals surface area contributed by atoms with Crippen molar-refractivity contribution in [2.24, 2.45) is 0 Å². The van der Waals surface area contributed by atoms with Gasteiger partial charge in [-0.3, -0.25) is 10.1 Å². The summed E-state index contributed by atoms with van der Waals surface area (Å²) in [5, 5.41) is 2.89. The minimum Gasteiger partial charge on any atom is -0.456 e. The van der Waals surface area contributed by atoms with E-state index in [1.807, 2.05) is 92.7 Å². The maximum atomic E-state index is 12.6. The van der Waals surface area contributed by atoms with Gasteiger partial charge in [0, 0.05) is 0 Å². The van der Waals surface area contributed by atoms with E-state index in [4.69, 9.17) is 9.47 Å². The normalized spacial score (nSPS) is 14.5. The molecule has 1 aromatic heterocycles. The van der Waals surface area contributed by atoms with Gasteiger partial charge in [0.05, 0.1) is 16.3 Å². The summed E-state index contributed by atoms with van der Waals surface area (Å²) in [6, 6.07) is 25.9. The van der Waals surface area contributed by atoms with Crippen molar-refractivity contribution in [1.82, 2.24) is 4.37 Å². The van der Waals surface area contributed by atoms with Crippen LogP contribution in [0.5, 0.6) is 0 Å². The minimum absolute atomic E-state index is 0.369. The van der Waals surface area contributed by atoms with Crippen molar-refractivity contribution in [3.8, 4) is 21.6 Å². The molecule has 1 fully saturated rings. The van der Waals surface area contributed by atoms with E-state index in [0.717, 1.165) is 51.2 Å². The summed E-state index contributed by atoms with van der Waals surface area (Å²) in [6.07, 6.45) is 0.846. The Morgan fingerprint density at radius 3 is 2.19 bits per heavy atom. The number of hydrogen-bond acceptors (Lipinski definition) is 6. The third-order valence-corrected chi connectivity index (χ3v) is 7.50. The van der Waals surface area contributed by atoms with E-state index in [1.54, 1.807) is 0 Å². The lowest BCUT2D eigenvalue weighted by Gasteiger charge is -2.15. The standard InChI is InChI=1S/C29H26N2O4S/c1-19-26(30-28(33)35-20(2)21-6-4-3-5-7-21)27(36-31-19)24-10-8-22(9-11-24)23-12-14-25(15-13-23)29(16-17-29)34-18-32/h3-15,18,20H,16-17H2,1-2H3,(H,30,33)/t20-/m0/s1. The van der Waals surface area contributed by atoms with Crippen LogP contribution < -0.4 is 5.32 Å². The fraction of sp³-hybridized carbons (Fsp3) is 0.207. The van der Waals surface area contributed by atoms with E-state index < -0.39 is 11.7 Å². The van der Waals surface area contributed by atoms with E-state index in [2.05, 4.69) is 9.69 Å². The lowest BCUT2D eigenvalue weighted by molar-refractivity contribution is -0.136. The Labute approximate surface area is 214 Å². The summed E-state index contributed by atoms with van der Waals surface area (Å²) in [7, 11) is 0. The van der Waals surface area contributed by atoms with Gasteiger partial charge in [-0.15, -0.1) is 0 Å². The molecule has 0 radical (unpaired) electrons. The molecule has 0 spiro atoms. The molecule has 1 atom stereocenters. The molecule has 5 rings (SSSR count). The van der Waals surface area contributed by atoms with Crippen molar-refractivity contribution in [3.63, 3.8) is 0 Å². The topological polar surface area (TPSA) is 77.5 Å². The highest BCUT2D eigenvalue weighted by Gasteiger charge is 2.46. The van der Waals surface area contributed by atoms with Crippen molar-refractivity contribution in [2.75, 3.05) is 5.32 Å². The van der Waals surface area contributed by atoms with Gasteiger partial charge in [0.25, 0.3) is 6.47 Å². The molecule has 1 N–H and O–H groups in total. The number of nitrogens with zero attached hydrogens (tertiary/aromatic N) is 1. The van der Waals surface area contributed by atoms with Crippen LogP contribution in [0, 0.1) is 6.92 Å². The van der Waals surface area contributed by atoms with Crippen LogP contribution in [0.3, 0.4) is 0 Å². The number of carbonyl (C=O) groups excluding carboxylic acids is 2. The summed E-state index contributed by atoms with van der Waals surface area (Å²) in [5.41, 5.74) is 6.03. The fourth-order valence-corrected chi connectivity index (χ4v) is 5.11. The molecule has 3 aromatic carbocycles. The molecule has 1 aliphatic rings. The molecule has 182 valence electrons. The van der Waals surface area contributed by atoms with Crippen LogP contribution in [-0.4, -0.2) is 16.9 Å². The molecular weight excluding hydrogens is 472 g/mol. The van der Waals surface area contributed by atoms with Crippen LogP contribution in [0.4, 0.5) is 10.5 Å². The number of amides is 1. The van der Waals surface area contributed by atoms with E-state index in [-0.39, 0.29) is 6.10 Å².